The molecule has 4 amide bonds. The normalized spacial score (nSPS) is 18.2. The van der Waals surface area contributed by atoms with E-state index in [1.54, 1.807) is 45.8 Å². The van der Waals surface area contributed by atoms with Crippen molar-refractivity contribution in [2.24, 2.45) is 0 Å². The van der Waals surface area contributed by atoms with E-state index in [4.69, 9.17) is 11.6 Å². The molecule has 3 rings (SSSR count). The lowest BCUT2D eigenvalue weighted by atomic mass is 9.96. The van der Waals surface area contributed by atoms with Gasteiger partial charge in [-0.05, 0) is 43.4 Å². The molecule has 1 saturated carbocycles. The Hall–Kier alpha value is -1.93. The summed E-state index contributed by atoms with van der Waals surface area (Å²) in [5.41, 5.74) is 0.361. The molecule has 0 bridgehead atoms. The topological polar surface area (TPSA) is 81.8 Å². The standard InChI is InChI=1S/C23H33ClN4O3S/c1-32-16-11-20(26-21(29)18-9-5-6-10-19(18)24)22(30)27-12-14-28(15-13-27)23(31)25-17-7-3-2-4-8-17/h5-6,9-10,17,20H,2-4,7-8,11-16H2,1H3,(H,25,31)(H,26,29). The SMILES string of the molecule is CSCCC(NC(=O)c1ccccc1Cl)C(=O)N1CCN(C(=O)NC2CCCCC2)CC1. The summed E-state index contributed by atoms with van der Waals surface area (Å²) < 4.78 is 0. The number of carbonyl (C=O) groups excluding carboxylic acids is 3. The van der Waals surface area contributed by atoms with Crippen LogP contribution in [0.25, 0.3) is 0 Å². The van der Waals surface area contributed by atoms with E-state index >= 15 is 0 Å². The Kier molecular flexibility index (Phi) is 9.53. The molecular weight excluding hydrogens is 448 g/mol. The molecule has 0 aromatic heterocycles. The van der Waals surface area contributed by atoms with Gasteiger partial charge in [0.25, 0.3) is 5.91 Å². The Labute approximate surface area is 199 Å². The molecule has 1 unspecified atom stereocenters. The van der Waals surface area contributed by atoms with Gasteiger partial charge in [0.15, 0.2) is 0 Å². The van der Waals surface area contributed by atoms with E-state index < -0.39 is 6.04 Å². The molecule has 0 spiro atoms. The van der Waals surface area contributed by atoms with Crippen molar-refractivity contribution in [1.29, 1.82) is 0 Å². The first-order chi connectivity index (χ1) is 15.5. The molecule has 1 aliphatic carbocycles. The number of urea groups is 1. The van der Waals surface area contributed by atoms with E-state index in [-0.39, 0.29) is 23.9 Å². The van der Waals surface area contributed by atoms with Crippen molar-refractivity contribution in [3.63, 3.8) is 0 Å². The highest BCUT2D eigenvalue weighted by Crippen LogP contribution is 2.18. The minimum absolute atomic E-state index is 0.0324. The molecule has 1 aromatic carbocycles. The van der Waals surface area contributed by atoms with Crippen LogP contribution in [0.15, 0.2) is 24.3 Å². The lowest BCUT2D eigenvalue weighted by Gasteiger charge is -2.37. The first-order valence-electron chi connectivity index (χ1n) is 11.4. The minimum atomic E-state index is -0.617. The quantitative estimate of drug-likeness (QED) is 0.626. The Balaban J connectivity index is 1.54. The largest absolute Gasteiger partial charge is 0.340 e. The average molecular weight is 481 g/mol. The summed E-state index contributed by atoms with van der Waals surface area (Å²) in [5.74, 6) is 0.301. The van der Waals surface area contributed by atoms with Crippen LogP contribution >= 0.6 is 23.4 Å². The maximum atomic E-state index is 13.2. The maximum Gasteiger partial charge on any atom is 0.317 e. The highest BCUT2D eigenvalue weighted by molar-refractivity contribution is 7.98. The zero-order valence-electron chi connectivity index (χ0n) is 18.6. The fraction of sp³-hybridized carbons (Fsp3) is 0.609. The maximum absolute atomic E-state index is 13.2. The molecule has 9 heteroatoms. The molecule has 0 radical (unpaired) electrons. The zero-order valence-corrected chi connectivity index (χ0v) is 20.2. The molecule has 7 nitrogen and oxygen atoms in total. The Bertz CT molecular complexity index is 795. The van der Waals surface area contributed by atoms with Crippen LogP contribution in [0.2, 0.25) is 5.02 Å². The number of hydrogen-bond donors (Lipinski definition) is 2. The molecule has 176 valence electrons. The molecule has 1 heterocycles. The van der Waals surface area contributed by atoms with Gasteiger partial charge in [0.05, 0.1) is 10.6 Å². The third-order valence-electron chi connectivity index (χ3n) is 6.14. The summed E-state index contributed by atoms with van der Waals surface area (Å²) in [6, 6.07) is 6.44. The van der Waals surface area contributed by atoms with Gasteiger partial charge < -0.3 is 20.4 Å². The van der Waals surface area contributed by atoms with Crippen LogP contribution in [0, 0.1) is 0 Å². The molecule has 1 aromatic rings. The lowest BCUT2D eigenvalue weighted by molar-refractivity contribution is -0.134. The number of carbonyl (C=O) groups is 3. The number of halogens is 1. The molecule has 1 aliphatic heterocycles. The van der Waals surface area contributed by atoms with Crippen molar-refractivity contribution in [3.05, 3.63) is 34.9 Å². The van der Waals surface area contributed by atoms with Gasteiger partial charge in [-0.15, -0.1) is 0 Å². The van der Waals surface area contributed by atoms with Crippen LogP contribution < -0.4 is 10.6 Å². The Morgan fingerprint density at radius 3 is 2.38 bits per heavy atom. The number of hydrogen-bond acceptors (Lipinski definition) is 4. The molecule has 2 aliphatic rings. The van der Waals surface area contributed by atoms with Crippen LogP contribution in [0.5, 0.6) is 0 Å². The second-order valence-corrected chi connectivity index (χ2v) is 9.78. The van der Waals surface area contributed by atoms with E-state index in [0.29, 0.717) is 43.2 Å². The summed E-state index contributed by atoms with van der Waals surface area (Å²) in [6.45, 7) is 1.93. The molecular formula is C23H33ClN4O3S. The molecule has 1 atom stereocenters. The molecule has 1 saturated heterocycles. The third-order valence-corrected chi connectivity index (χ3v) is 7.12. The number of benzene rings is 1. The van der Waals surface area contributed by atoms with E-state index in [0.717, 1.165) is 18.6 Å². The van der Waals surface area contributed by atoms with Crippen LogP contribution in [-0.4, -0.2) is 77.9 Å². The first kappa shape index (κ1) is 24.7. The van der Waals surface area contributed by atoms with E-state index in [1.165, 1.54) is 19.3 Å². The van der Waals surface area contributed by atoms with Crippen molar-refractivity contribution in [1.82, 2.24) is 20.4 Å². The van der Waals surface area contributed by atoms with Gasteiger partial charge in [-0.2, -0.15) is 11.8 Å². The number of thioether (sulfide) groups is 1. The van der Waals surface area contributed by atoms with Crippen molar-refractivity contribution in [2.45, 2.75) is 50.6 Å². The van der Waals surface area contributed by atoms with Gasteiger partial charge in [-0.25, -0.2) is 4.79 Å². The van der Waals surface area contributed by atoms with Gasteiger partial charge in [-0.1, -0.05) is 43.0 Å². The number of piperazine rings is 1. The first-order valence-corrected chi connectivity index (χ1v) is 13.2. The number of nitrogens with one attached hydrogen (secondary N) is 2. The van der Waals surface area contributed by atoms with Crippen molar-refractivity contribution in [2.75, 3.05) is 38.2 Å². The second-order valence-electron chi connectivity index (χ2n) is 8.38. The van der Waals surface area contributed by atoms with E-state index in [1.807, 2.05) is 6.26 Å². The van der Waals surface area contributed by atoms with Crippen LogP contribution in [-0.2, 0) is 4.79 Å². The lowest BCUT2D eigenvalue weighted by Crippen LogP contribution is -2.58. The highest BCUT2D eigenvalue weighted by atomic mass is 35.5. The Morgan fingerprint density at radius 2 is 1.72 bits per heavy atom. The van der Waals surface area contributed by atoms with Crippen LogP contribution in [0.3, 0.4) is 0 Å². The minimum Gasteiger partial charge on any atom is -0.340 e. The predicted octanol–water partition coefficient (Wildman–Crippen LogP) is 3.38. The number of rotatable bonds is 7. The summed E-state index contributed by atoms with van der Waals surface area (Å²) in [6.07, 6.45) is 8.20. The molecule has 2 N–H and O–H groups in total. The van der Waals surface area contributed by atoms with E-state index in [2.05, 4.69) is 10.6 Å². The smallest absolute Gasteiger partial charge is 0.317 e. The van der Waals surface area contributed by atoms with Gasteiger partial charge >= 0.3 is 6.03 Å². The van der Waals surface area contributed by atoms with Gasteiger partial charge in [-0.3, -0.25) is 9.59 Å². The van der Waals surface area contributed by atoms with Gasteiger partial charge in [0.2, 0.25) is 5.91 Å². The highest BCUT2D eigenvalue weighted by Gasteiger charge is 2.30. The second kappa shape index (κ2) is 12.3. The monoisotopic (exact) mass is 480 g/mol. The van der Waals surface area contributed by atoms with Crippen LogP contribution in [0.4, 0.5) is 4.79 Å². The number of nitrogens with zero attached hydrogens (tertiary/aromatic N) is 2. The number of amides is 4. The van der Waals surface area contributed by atoms with Gasteiger partial charge in [0, 0.05) is 32.2 Å². The zero-order chi connectivity index (χ0) is 22.9. The van der Waals surface area contributed by atoms with Gasteiger partial charge in [0.1, 0.15) is 6.04 Å². The van der Waals surface area contributed by atoms with Crippen molar-refractivity contribution >= 4 is 41.2 Å². The third kappa shape index (κ3) is 6.78. The van der Waals surface area contributed by atoms with E-state index in [9.17, 15) is 14.4 Å². The molecule has 32 heavy (non-hydrogen) atoms. The van der Waals surface area contributed by atoms with Crippen molar-refractivity contribution in [3.8, 4) is 0 Å². The van der Waals surface area contributed by atoms with Crippen LogP contribution in [0.1, 0.15) is 48.9 Å². The van der Waals surface area contributed by atoms with Crippen molar-refractivity contribution < 1.29 is 14.4 Å². The summed E-state index contributed by atoms with van der Waals surface area (Å²) in [5, 5.41) is 6.38. The predicted molar refractivity (Wildman–Crippen MR) is 129 cm³/mol. The Morgan fingerprint density at radius 1 is 1.06 bits per heavy atom. The molecule has 2 fully saturated rings. The average Bonchev–Trinajstić information content (AvgIpc) is 2.82. The summed E-state index contributed by atoms with van der Waals surface area (Å²) in [7, 11) is 0. The fourth-order valence-electron chi connectivity index (χ4n) is 4.24. The summed E-state index contributed by atoms with van der Waals surface area (Å²) >= 11 is 7.78. The fourth-order valence-corrected chi connectivity index (χ4v) is 4.93. The summed E-state index contributed by atoms with van der Waals surface area (Å²) in [4.78, 5) is 42.1.